The summed E-state index contributed by atoms with van der Waals surface area (Å²) in [6.07, 6.45) is 9.30. The molecule has 0 atom stereocenters. The van der Waals surface area contributed by atoms with Crippen molar-refractivity contribution in [1.29, 1.82) is 0 Å². The lowest BCUT2D eigenvalue weighted by molar-refractivity contribution is -0.122. The van der Waals surface area contributed by atoms with E-state index in [1.807, 2.05) is 0 Å². The summed E-state index contributed by atoms with van der Waals surface area (Å²) in [6, 6.07) is 0. The van der Waals surface area contributed by atoms with Crippen LogP contribution in [0.1, 0.15) is 64.2 Å². The Morgan fingerprint density at radius 3 is 2.06 bits per heavy atom. The Morgan fingerprint density at radius 2 is 1.25 bits per heavy atom. The summed E-state index contributed by atoms with van der Waals surface area (Å²) in [6.45, 7) is 0.817. The van der Waals surface area contributed by atoms with Crippen molar-refractivity contribution in [2.24, 2.45) is 0 Å². The van der Waals surface area contributed by atoms with Gasteiger partial charge in [0.2, 0.25) is 5.91 Å². The van der Waals surface area contributed by atoms with Gasteiger partial charge in [0.05, 0.1) is 0 Å². The molecule has 3 heteroatoms. The first-order chi connectivity index (χ1) is 7.79. The lowest BCUT2D eigenvalue weighted by atomic mass is 10.0. The van der Waals surface area contributed by atoms with Crippen molar-refractivity contribution in [3.8, 4) is 0 Å². The monoisotopic (exact) mass is 225 g/mol. The van der Waals surface area contributed by atoms with Gasteiger partial charge in [0.25, 0.3) is 0 Å². The molecular weight excluding hydrogens is 202 g/mol. The van der Waals surface area contributed by atoms with E-state index in [0.29, 0.717) is 18.6 Å². The zero-order chi connectivity index (χ0) is 11.6. The normalized spacial score (nSPS) is 22.2. The molecule has 3 nitrogen and oxygen atoms in total. The summed E-state index contributed by atoms with van der Waals surface area (Å²) in [4.78, 5) is 22.8. The highest BCUT2D eigenvalue weighted by atomic mass is 16.1. The number of rotatable bonds is 0. The minimum absolute atomic E-state index is 0.143. The van der Waals surface area contributed by atoms with Crippen molar-refractivity contribution in [2.75, 3.05) is 6.54 Å². The molecule has 1 aliphatic rings. The van der Waals surface area contributed by atoms with Crippen LogP contribution in [0, 0.1) is 0 Å². The van der Waals surface area contributed by atoms with Crippen LogP contribution in [0.4, 0.5) is 0 Å². The highest BCUT2D eigenvalue weighted by Gasteiger charge is 2.05. The molecule has 1 rings (SSSR count). The van der Waals surface area contributed by atoms with Crippen LogP contribution in [0.2, 0.25) is 0 Å². The van der Waals surface area contributed by atoms with Crippen molar-refractivity contribution < 1.29 is 9.59 Å². The molecule has 0 bridgehead atoms. The third kappa shape index (κ3) is 6.59. The number of Topliss-reactive ketones (excluding diaryl/α,β-unsaturated/α-hetero) is 1. The molecule has 0 aromatic carbocycles. The molecule has 1 fully saturated rings. The van der Waals surface area contributed by atoms with Gasteiger partial charge < -0.3 is 5.32 Å². The number of amides is 1. The standard InChI is InChI=1S/C13H23NO2/c15-12-8-4-2-1-3-7-11-14-13(16)10-6-5-9-12/h1-11H2,(H,14,16). The van der Waals surface area contributed by atoms with Gasteiger partial charge in [-0.2, -0.15) is 0 Å². The Hall–Kier alpha value is -0.860. The van der Waals surface area contributed by atoms with Crippen LogP contribution in [0.5, 0.6) is 0 Å². The molecule has 1 aliphatic heterocycles. The predicted octanol–water partition coefficient (Wildman–Crippen LogP) is 2.59. The third-order valence-corrected chi connectivity index (χ3v) is 3.06. The van der Waals surface area contributed by atoms with Gasteiger partial charge in [0.1, 0.15) is 5.78 Å². The molecule has 0 saturated carbocycles. The van der Waals surface area contributed by atoms with Gasteiger partial charge in [-0.3, -0.25) is 9.59 Å². The molecule has 1 N–H and O–H groups in total. The summed E-state index contributed by atoms with van der Waals surface area (Å²) in [7, 11) is 0. The molecule has 0 spiro atoms. The van der Waals surface area contributed by atoms with Crippen LogP contribution in [0.3, 0.4) is 0 Å². The van der Waals surface area contributed by atoms with Crippen LogP contribution < -0.4 is 5.32 Å². The Labute approximate surface area is 98.0 Å². The molecule has 0 radical (unpaired) electrons. The predicted molar refractivity (Wildman–Crippen MR) is 64.2 cm³/mol. The van der Waals surface area contributed by atoms with Gasteiger partial charge in [-0.05, 0) is 25.7 Å². The highest BCUT2D eigenvalue weighted by molar-refractivity contribution is 5.78. The van der Waals surface area contributed by atoms with E-state index in [4.69, 9.17) is 0 Å². The van der Waals surface area contributed by atoms with Crippen LogP contribution in [0.15, 0.2) is 0 Å². The van der Waals surface area contributed by atoms with Crippen molar-refractivity contribution >= 4 is 11.7 Å². The summed E-state index contributed by atoms with van der Waals surface area (Å²) < 4.78 is 0. The van der Waals surface area contributed by atoms with Gasteiger partial charge in [0, 0.05) is 25.8 Å². The molecule has 92 valence electrons. The van der Waals surface area contributed by atoms with E-state index in [9.17, 15) is 9.59 Å². The molecule has 1 amide bonds. The number of carbonyl (C=O) groups is 2. The number of ketones is 1. The minimum Gasteiger partial charge on any atom is -0.356 e. The second kappa shape index (κ2) is 8.31. The molecule has 0 aromatic rings. The maximum absolute atomic E-state index is 11.4. The molecule has 0 aliphatic carbocycles. The fourth-order valence-electron chi connectivity index (χ4n) is 2.03. The Morgan fingerprint density at radius 1 is 0.688 bits per heavy atom. The molecule has 1 heterocycles. The Kier molecular flexibility index (Phi) is 6.86. The zero-order valence-corrected chi connectivity index (χ0v) is 10.1. The zero-order valence-electron chi connectivity index (χ0n) is 10.1. The molecule has 0 unspecified atom stereocenters. The summed E-state index contributed by atoms with van der Waals surface area (Å²) in [5.41, 5.74) is 0. The second-order valence-electron chi connectivity index (χ2n) is 4.61. The average Bonchev–Trinajstić information content (AvgIpc) is 2.27. The quantitative estimate of drug-likeness (QED) is 0.688. The fraction of sp³-hybridized carbons (Fsp3) is 0.846. The maximum Gasteiger partial charge on any atom is 0.219 e. The van der Waals surface area contributed by atoms with Gasteiger partial charge in [-0.15, -0.1) is 0 Å². The molecule has 16 heavy (non-hydrogen) atoms. The number of hydrogen-bond acceptors (Lipinski definition) is 2. The Bertz CT molecular complexity index is 202. The van der Waals surface area contributed by atoms with Gasteiger partial charge in [-0.25, -0.2) is 0 Å². The van der Waals surface area contributed by atoms with Crippen LogP contribution in [-0.4, -0.2) is 18.2 Å². The van der Waals surface area contributed by atoms with Crippen LogP contribution in [-0.2, 0) is 9.59 Å². The van der Waals surface area contributed by atoms with Crippen molar-refractivity contribution in [1.82, 2.24) is 5.32 Å². The second-order valence-corrected chi connectivity index (χ2v) is 4.61. The minimum atomic E-state index is 0.143. The SMILES string of the molecule is O=C1CCCCCCCNC(=O)CCCC1. The number of hydrogen-bond donors (Lipinski definition) is 1. The van der Waals surface area contributed by atoms with Crippen molar-refractivity contribution in [3.63, 3.8) is 0 Å². The smallest absolute Gasteiger partial charge is 0.219 e. The van der Waals surface area contributed by atoms with Crippen molar-refractivity contribution in [2.45, 2.75) is 64.2 Å². The first-order valence-corrected chi connectivity index (χ1v) is 6.57. The first-order valence-electron chi connectivity index (χ1n) is 6.57. The summed E-state index contributed by atoms with van der Waals surface area (Å²) in [5.74, 6) is 0.516. The number of carbonyl (C=O) groups excluding carboxylic acids is 2. The van der Waals surface area contributed by atoms with Crippen LogP contribution >= 0.6 is 0 Å². The van der Waals surface area contributed by atoms with Gasteiger partial charge >= 0.3 is 0 Å². The van der Waals surface area contributed by atoms with Gasteiger partial charge in [-0.1, -0.05) is 19.3 Å². The van der Waals surface area contributed by atoms with Crippen molar-refractivity contribution in [3.05, 3.63) is 0 Å². The van der Waals surface area contributed by atoms with E-state index >= 15 is 0 Å². The van der Waals surface area contributed by atoms with E-state index in [2.05, 4.69) is 5.32 Å². The lowest BCUT2D eigenvalue weighted by Crippen LogP contribution is -2.24. The highest BCUT2D eigenvalue weighted by Crippen LogP contribution is 2.09. The average molecular weight is 225 g/mol. The molecule has 1 saturated heterocycles. The van der Waals surface area contributed by atoms with E-state index in [1.165, 1.54) is 6.42 Å². The van der Waals surface area contributed by atoms with E-state index in [1.54, 1.807) is 0 Å². The molecular formula is C13H23NO2. The molecule has 0 aromatic heterocycles. The fourth-order valence-corrected chi connectivity index (χ4v) is 2.03. The third-order valence-electron chi connectivity index (χ3n) is 3.06. The van der Waals surface area contributed by atoms with E-state index < -0.39 is 0 Å². The maximum atomic E-state index is 11.4. The Balaban J connectivity index is 2.24. The summed E-state index contributed by atoms with van der Waals surface area (Å²) >= 11 is 0. The number of nitrogens with one attached hydrogen (secondary N) is 1. The first kappa shape index (κ1) is 13.2. The topological polar surface area (TPSA) is 46.2 Å². The van der Waals surface area contributed by atoms with Gasteiger partial charge in [0.15, 0.2) is 0 Å². The lowest BCUT2D eigenvalue weighted by Gasteiger charge is -2.07. The summed E-state index contributed by atoms with van der Waals surface area (Å²) in [5, 5.41) is 2.92. The van der Waals surface area contributed by atoms with E-state index in [-0.39, 0.29) is 5.91 Å². The van der Waals surface area contributed by atoms with Crippen LogP contribution in [0.25, 0.3) is 0 Å². The van der Waals surface area contributed by atoms with E-state index in [0.717, 1.165) is 51.5 Å². The largest absolute Gasteiger partial charge is 0.356 e.